The van der Waals surface area contributed by atoms with Crippen LogP contribution in [0.3, 0.4) is 0 Å². The van der Waals surface area contributed by atoms with E-state index in [1.807, 2.05) is 20.8 Å². The molecule has 1 aromatic rings. The molecule has 0 bridgehead atoms. The molecule has 6 heteroatoms. The second kappa shape index (κ2) is 6.92. The van der Waals surface area contributed by atoms with Crippen LogP contribution in [0.15, 0.2) is 6.07 Å². The van der Waals surface area contributed by atoms with E-state index in [1.165, 1.54) is 0 Å². The fourth-order valence-corrected chi connectivity index (χ4v) is 1.77. The highest BCUT2D eigenvalue weighted by atomic mass is 16.2. The summed E-state index contributed by atoms with van der Waals surface area (Å²) in [5.41, 5.74) is 1.21. The van der Waals surface area contributed by atoms with Gasteiger partial charge in [-0.2, -0.15) is 5.10 Å². The van der Waals surface area contributed by atoms with Crippen molar-refractivity contribution in [2.24, 2.45) is 5.92 Å². The van der Waals surface area contributed by atoms with Gasteiger partial charge in [-0.05, 0) is 24.8 Å². The Kier molecular flexibility index (Phi) is 5.54. The molecule has 0 aliphatic heterocycles. The van der Waals surface area contributed by atoms with E-state index >= 15 is 0 Å². The number of aromatic nitrogens is 2. The van der Waals surface area contributed by atoms with Gasteiger partial charge in [-0.1, -0.05) is 20.8 Å². The molecule has 1 aromatic heterocycles. The second-order valence-electron chi connectivity index (χ2n) is 4.90. The third-order valence-electron chi connectivity index (χ3n) is 2.82. The summed E-state index contributed by atoms with van der Waals surface area (Å²) in [4.78, 5) is 23.7. The lowest BCUT2D eigenvalue weighted by atomic mass is 10.0. The lowest BCUT2D eigenvalue weighted by Gasteiger charge is -2.18. The summed E-state index contributed by atoms with van der Waals surface area (Å²) in [5.74, 6) is -0.202. The molecule has 0 aromatic carbocycles. The zero-order valence-corrected chi connectivity index (χ0v) is 11.9. The third-order valence-corrected chi connectivity index (χ3v) is 2.82. The van der Waals surface area contributed by atoms with Crippen LogP contribution in [0, 0.1) is 5.92 Å². The first-order chi connectivity index (χ1) is 8.97. The lowest BCUT2D eigenvalue weighted by Crippen LogP contribution is -2.46. The maximum absolute atomic E-state index is 12.0. The van der Waals surface area contributed by atoms with Crippen molar-refractivity contribution in [2.45, 2.75) is 39.7 Å². The fraction of sp³-hybridized carbons (Fsp3) is 0.615. The van der Waals surface area contributed by atoms with Crippen LogP contribution in [0.2, 0.25) is 0 Å². The van der Waals surface area contributed by atoms with Crippen LogP contribution in [0.5, 0.6) is 0 Å². The van der Waals surface area contributed by atoms with Gasteiger partial charge in [-0.15, -0.1) is 0 Å². The Balaban J connectivity index is 2.72. The molecule has 3 N–H and O–H groups in total. The maximum Gasteiger partial charge on any atom is 0.272 e. The lowest BCUT2D eigenvalue weighted by molar-refractivity contribution is -0.122. The van der Waals surface area contributed by atoms with E-state index in [0.717, 1.165) is 12.1 Å². The molecule has 1 atom stereocenters. The number of H-pyrrole nitrogens is 1. The Labute approximate surface area is 113 Å². The van der Waals surface area contributed by atoms with Crippen molar-refractivity contribution in [1.82, 2.24) is 20.8 Å². The highest BCUT2D eigenvalue weighted by Gasteiger charge is 2.22. The summed E-state index contributed by atoms with van der Waals surface area (Å²) < 4.78 is 0. The first-order valence-electron chi connectivity index (χ1n) is 6.54. The number of aryl methyl sites for hydroxylation is 1. The van der Waals surface area contributed by atoms with Crippen molar-refractivity contribution >= 4 is 11.8 Å². The maximum atomic E-state index is 12.0. The molecule has 19 heavy (non-hydrogen) atoms. The molecule has 1 unspecified atom stereocenters. The molecule has 2 amide bonds. The van der Waals surface area contributed by atoms with Crippen LogP contribution < -0.4 is 10.6 Å². The number of likely N-dealkylation sites (N-methyl/N-ethyl adjacent to an activating group) is 1. The zero-order valence-electron chi connectivity index (χ0n) is 11.9. The SMILES string of the molecule is CCc1cc(C(=O)NC(CC(C)C)C(=O)NC)n[nH]1. The van der Waals surface area contributed by atoms with Crippen molar-refractivity contribution in [3.63, 3.8) is 0 Å². The molecule has 1 heterocycles. The summed E-state index contributed by atoms with van der Waals surface area (Å²) in [6.45, 7) is 5.99. The number of hydrogen-bond donors (Lipinski definition) is 3. The standard InChI is InChI=1S/C13H22N4O2/c1-5-9-7-11(17-16-9)13(19)15-10(6-8(2)3)12(18)14-4/h7-8,10H,5-6H2,1-4H3,(H,14,18)(H,15,19)(H,16,17). The van der Waals surface area contributed by atoms with E-state index < -0.39 is 6.04 Å². The van der Waals surface area contributed by atoms with Gasteiger partial charge < -0.3 is 10.6 Å². The van der Waals surface area contributed by atoms with Crippen molar-refractivity contribution in [2.75, 3.05) is 7.05 Å². The van der Waals surface area contributed by atoms with Crippen LogP contribution in [-0.4, -0.2) is 35.1 Å². The van der Waals surface area contributed by atoms with Gasteiger partial charge in [-0.3, -0.25) is 14.7 Å². The van der Waals surface area contributed by atoms with Crippen molar-refractivity contribution < 1.29 is 9.59 Å². The summed E-state index contributed by atoms with van der Waals surface area (Å²) in [6, 6.07) is 1.17. The number of hydrogen-bond acceptors (Lipinski definition) is 3. The highest BCUT2D eigenvalue weighted by Crippen LogP contribution is 2.07. The first kappa shape index (κ1) is 15.2. The van der Waals surface area contributed by atoms with E-state index in [1.54, 1.807) is 13.1 Å². The van der Waals surface area contributed by atoms with Crippen LogP contribution in [0.4, 0.5) is 0 Å². The van der Waals surface area contributed by atoms with E-state index in [2.05, 4.69) is 20.8 Å². The smallest absolute Gasteiger partial charge is 0.272 e. The van der Waals surface area contributed by atoms with Crippen LogP contribution >= 0.6 is 0 Å². The average Bonchev–Trinajstić information content (AvgIpc) is 2.85. The molecule has 0 radical (unpaired) electrons. The molecule has 6 nitrogen and oxygen atoms in total. The molecule has 0 aliphatic rings. The van der Waals surface area contributed by atoms with Gasteiger partial charge in [0.05, 0.1) is 0 Å². The van der Waals surface area contributed by atoms with E-state index in [0.29, 0.717) is 18.0 Å². The Morgan fingerprint density at radius 1 is 1.42 bits per heavy atom. The van der Waals surface area contributed by atoms with Crippen molar-refractivity contribution in [3.05, 3.63) is 17.5 Å². The predicted octanol–water partition coefficient (Wildman–Crippen LogP) is 0.863. The molecule has 0 fully saturated rings. The minimum absolute atomic E-state index is 0.187. The molecule has 0 saturated carbocycles. The summed E-state index contributed by atoms with van der Waals surface area (Å²) >= 11 is 0. The molecule has 0 aliphatic carbocycles. The Bertz CT molecular complexity index is 440. The fourth-order valence-electron chi connectivity index (χ4n) is 1.77. The number of carbonyl (C=O) groups excluding carboxylic acids is 2. The first-order valence-corrected chi connectivity index (χ1v) is 6.54. The molecule has 0 spiro atoms. The largest absolute Gasteiger partial charge is 0.357 e. The number of carbonyl (C=O) groups is 2. The van der Waals surface area contributed by atoms with E-state index in [-0.39, 0.29) is 11.8 Å². The molecule has 1 rings (SSSR count). The quantitative estimate of drug-likeness (QED) is 0.713. The monoisotopic (exact) mass is 266 g/mol. The second-order valence-corrected chi connectivity index (χ2v) is 4.90. The van der Waals surface area contributed by atoms with Crippen LogP contribution in [0.25, 0.3) is 0 Å². The number of amides is 2. The van der Waals surface area contributed by atoms with Crippen molar-refractivity contribution in [3.8, 4) is 0 Å². The summed E-state index contributed by atoms with van der Waals surface area (Å²) in [7, 11) is 1.56. The summed E-state index contributed by atoms with van der Waals surface area (Å²) in [5, 5.41) is 12.0. The van der Waals surface area contributed by atoms with Gasteiger partial charge in [-0.25, -0.2) is 0 Å². The van der Waals surface area contributed by atoms with Crippen molar-refractivity contribution in [1.29, 1.82) is 0 Å². The van der Waals surface area contributed by atoms with Gasteiger partial charge in [0.2, 0.25) is 5.91 Å². The van der Waals surface area contributed by atoms with Crippen LogP contribution in [0.1, 0.15) is 43.4 Å². The Hall–Kier alpha value is -1.85. The van der Waals surface area contributed by atoms with Gasteiger partial charge in [0.25, 0.3) is 5.91 Å². The highest BCUT2D eigenvalue weighted by molar-refractivity contribution is 5.96. The van der Waals surface area contributed by atoms with E-state index in [4.69, 9.17) is 0 Å². The van der Waals surface area contributed by atoms with Crippen LogP contribution in [-0.2, 0) is 11.2 Å². The number of rotatable bonds is 6. The van der Waals surface area contributed by atoms with E-state index in [9.17, 15) is 9.59 Å². The molecular formula is C13H22N4O2. The number of nitrogens with zero attached hydrogens (tertiary/aromatic N) is 1. The summed E-state index contributed by atoms with van der Waals surface area (Å²) in [6.07, 6.45) is 1.38. The zero-order chi connectivity index (χ0) is 14.4. The van der Waals surface area contributed by atoms with Gasteiger partial charge >= 0.3 is 0 Å². The average molecular weight is 266 g/mol. The number of nitrogens with one attached hydrogen (secondary N) is 3. The minimum Gasteiger partial charge on any atom is -0.357 e. The Morgan fingerprint density at radius 2 is 2.11 bits per heavy atom. The van der Waals surface area contributed by atoms with Gasteiger partial charge in [0.1, 0.15) is 11.7 Å². The molecule has 0 saturated heterocycles. The molecule has 106 valence electrons. The molecular weight excluding hydrogens is 244 g/mol. The normalized spacial score (nSPS) is 12.3. The van der Waals surface area contributed by atoms with Gasteiger partial charge in [0, 0.05) is 12.7 Å². The number of aromatic amines is 1. The van der Waals surface area contributed by atoms with Gasteiger partial charge in [0.15, 0.2) is 0 Å². The minimum atomic E-state index is -0.528. The topological polar surface area (TPSA) is 86.9 Å². The third kappa shape index (κ3) is 4.39. The predicted molar refractivity (Wildman–Crippen MR) is 72.7 cm³/mol. The Morgan fingerprint density at radius 3 is 2.58 bits per heavy atom.